The third-order valence-corrected chi connectivity index (χ3v) is 1.44. The first-order valence-electron chi connectivity index (χ1n) is 3.30. The fraction of sp³-hybridized carbons (Fsp3) is 0.125. The zero-order valence-corrected chi connectivity index (χ0v) is 6.64. The molecule has 0 amide bonds. The average Bonchev–Trinajstić information content (AvgIpc) is 2.03. The van der Waals surface area contributed by atoms with E-state index in [1.54, 1.807) is 0 Å². The number of carbonyl (C=O) groups excluding carboxylic acids is 1. The SMILES string of the molecule is COc1c(F)cc(C(=O)[O-])cc1F. The number of benzene rings is 1. The van der Waals surface area contributed by atoms with Gasteiger partial charge in [-0.25, -0.2) is 8.78 Å². The van der Waals surface area contributed by atoms with Crippen molar-refractivity contribution in [3.8, 4) is 5.75 Å². The Morgan fingerprint density at radius 1 is 1.38 bits per heavy atom. The molecule has 0 aliphatic heterocycles. The summed E-state index contributed by atoms with van der Waals surface area (Å²) >= 11 is 0. The lowest BCUT2D eigenvalue weighted by Gasteiger charge is -2.06. The van der Waals surface area contributed by atoms with Crippen LogP contribution in [-0.4, -0.2) is 13.1 Å². The molecule has 0 heterocycles. The Morgan fingerprint density at radius 2 is 1.85 bits per heavy atom. The summed E-state index contributed by atoms with van der Waals surface area (Å²) in [5.74, 6) is -4.38. The van der Waals surface area contributed by atoms with Crippen LogP contribution in [0.2, 0.25) is 0 Å². The molecule has 13 heavy (non-hydrogen) atoms. The molecule has 0 N–H and O–H groups in total. The Bertz CT molecular complexity index is 326. The highest BCUT2D eigenvalue weighted by atomic mass is 19.1. The Morgan fingerprint density at radius 3 is 2.15 bits per heavy atom. The van der Waals surface area contributed by atoms with E-state index in [0.29, 0.717) is 12.1 Å². The number of hydrogen-bond donors (Lipinski definition) is 0. The topological polar surface area (TPSA) is 49.4 Å². The summed E-state index contributed by atoms with van der Waals surface area (Å²) in [4.78, 5) is 10.2. The van der Waals surface area contributed by atoms with Crippen molar-refractivity contribution in [3.05, 3.63) is 29.3 Å². The maximum absolute atomic E-state index is 12.8. The van der Waals surface area contributed by atoms with Crippen molar-refractivity contribution in [1.29, 1.82) is 0 Å². The first-order valence-corrected chi connectivity index (χ1v) is 3.30. The predicted molar refractivity (Wildman–Crippen MR) is 37.2 cm³/mol. The number of ether oxygens (including phenoxy) is 1. The van der Waals surface area contributed by atoms with E-state index in [0.717, 1.165) is 7.11 Å². The molecule has 0 aromatic heterocycles. The van der Waals surface area contributed by atoms with Crippen LogP contribution in [0.3, 0.4) is 0 Å². The van der Waals surface area contributed by atoms with Gasteiger partial charge in [-0.3, -0.25) is 0 Å². The number of rotatable bonds is 2. The van der Waals surface area contributed by atoms with Crippen LogP contribution in [-0.2, 0) is 0 Å². The van der Waals surface area contributed by atoms with Crippen molar-refractivity contribution in [2.24, 2.45) is 0 Å². The average molecular weight is 187 g/mol. The van der Waals surface area contributed by atoms with Gasteiger partial charge >= 0.3 is 0 Å². The lowest BCUT2D eigenvalue weighted by atomic mass is 10.2. The highest BCUT2D eigenvalue weighted by Gasteiger charge is 2.11. The fourth-order valence-electron chi connectivity index (χ4n) is 0.873. The number of hydrogen-bond acceptors (Lipinski definition) is 3. The van der Waals surface area contributed by atoms with Crippen LogP contribution >= 0.6 is 0 Å². The summed E-state index contributed by atoms with van der Waals surface area (Å²) in [6, 6.07) is 1.27. The number of halogens is 2. The van der Waals surface area contributed by atoms with Gasteiger partial charge in [0.25, 0.3) is 0 Å². The molecule has 3 nitrogen and oxygen atoms in total. The number of carboxylic acids is 1. The lowest BCUT2D eigenvalue weighted by Crippen LogP contribution is -2.22. The summed E-state index contributed by atoms with van der Waals surface area (Å²) in [7, 11) is 1.08. The molecule has 0 spiro atoms. The first-order chi connectivity index (χ1) is 6.06. The van der Waals surface area contributed by atoms with E-state index < -0.39 is 28.9 Å². The molecule has 1 aromatic carbocycles. The lowest BCUT2D eigenvalue weighted by molar-refractivity contribution is -0.255. The van der Waals surface area contributed by atoms with E-state index in [2.05, 4.69) is 4.74 Å². The Hall–Kier alpha value is -1.65. The van der Waals surface area contributed by atoms with E-state index in [9.17, 15) is 18.7 Å². The quantitative estimate of drug-likeness (QED) is 0.670. The third kappa shape index (κ3) is 1.74. The van der Waals surface area contributed by atoms with Crippen LogP contribution in [0.25, 0.3) is 0 Å². The first kappa shape index (κ1) is 9.44. The van der Waals surface area contributed by atoms with Crippen molar-refractivity contribution < 1.29 is 23.4 Å². The minimum atomic E-state index is -1.64. The number of aromatic carboxylic acids is 1. The van der Waals surface area contributed by atoms with Gasteiger partial charge in [-0.1, -0.05) is 0 Å². The molecule has 70 valence electrons. The van der Waals surface area contributed by atoms with Crippen LogP contribution in [0.4, 0.5) is 8.78 Å². The molecule has 0 saturated carbocycles. The van der Waals surface area contributed by atoms with Crippen LogP contribution in [0.15, 0.2) is 12.1 Å². The number of carbonyl (C=O) groups is 1. The summed E-state index contributed by atoms with van der Waals surface area (Å²) in [5.41, 5.74) is -0.559. The maximum Gasteiger partial charge on any atom is 0.190 e. The second-order valence-corrected chi connectivity index (χ2v) is 2.26. The standard InChI is InChI=1S/C8H6F2O3/c1-13-7-5(9)2-4(8(11)12)3-6(7)10/h2-3H,1H3,(H,11,12)/p-1. The van der Waals surface area contributed by atoms with Crippen molar-refractivity contribution in [1.82, 2.24) is 0 Å². The zero-order chi connectivity index (χ0) is 10.0. The summed E-state index contributed by atoms with van der Waals surface area (Å²) in [5, 5.41) is 10.2. The molecular weight excluding hydrogens is 182 g/mol. The van der Waals surface area contributed by atoms with Gasteiger partial charge in [0.05, 0.1) is 13.1 Å². The largest absolute Gasteiger partial charge is 0.545 e. The molecule has 0 fully saturated rings. The van der Waals surface area contributed by atoms with Crippen LogP contribution in [0, 0.1) is 11.6 Å². The maximum atomic E-state index is 12.8. The van der Waals surface area contributed by atoms with Crippen LogP contribution in [0.1, 0.15) is 10.4 Å². The predicted octanol–water partition coefficient (Wildman–Crippen LogP) is 0.337. The molecule has 5 heteroatoms. The van der Waals surface area contributed by atoms with Gasteiger partial charge in [-0.15, -0.1) is 0 Å². The number of methoxy groups -OCH3 is 1. The van der Waals surface area contributed by atoms with Crippen molar-refractivity contribution >= 4 is 5.97 Å². The van der Waals surface area contributed by atoms with Crippen molar-refractivity contribution in [3.63, 3.8) is 0 Å². The smallest absolute Gasteiger partial charge is 0.190 e. The molecule has 0 saturated heterocycles. The number of carboxylic acid groups (broad SMARTS) is 1. The monoisotopic (exact) mass is 187 g/mol. The second-order valence-electron chi connectivity index (χ2n) is 2.26. The normalized spacial score (nSPS) is 9.77. The molecule has 0 aliphatic rings. The van der Waals surface area contributed by atoms with Gasteiger partial charge < -0.3 is 14.6 Å². The Kier molecular flexibility index (Phi) is 2.46. The van der Waals surface area contributed by atoms with Crippen molar-refractivity contribution in [2.45, 2.75) is 0 Å². The minimum Gasteiger partial charge on any atom is -0.545 e. The molecule has 1 rings (SSSR count). The zero-order valence-electron chi connectivity index (χ0n) is 6.64. The highest BCUT2D eigenvalue weighted by molar-refractivity contribution is 5.85. The van der Waals surface area contributed by atoms with Gasteiger partial charge in [-0.05, 0) is 12.1 Å². The van der Waals surface area contributed by atoms with E-state index >= 15 is 0 Å². The summed E-state index contributed by atoms with van der Waals surface area (Å²) < 4.78 is 30.0. The molecule has 0 bridgehead atoms. The van der Waals surface area contributed by atoms with Gasteiger partial charge in [0.1, 0.15) is 0 Å². The van der Waals surface area contributed by atoms with E-state index in [4.69, 9.17) is 0 Å². The minimum absolute atomic E-state index is 0.559. The molecule has 0 aliphatic carbocycles. The summed E-state index contributed by atoms with van der Waals surface area (Å²) in [6.45, 7) is 0. The Balaban J connectivity index is 3.28. The second kappa shape index (κ2) is 3.38. The molecule has 1 aromatic rings. The van der Waals surface area contributed by atoms with Crippen molar-refractivity contribution in [2.75, 3.05) is 7.11 Å². The fourth-order valence-corrected chi connectivity index (χ4v) is 0.873. The van der Waals surface area contributed by atoms with Gasteiger partial charge in [0.15, 0.2) is 17.4 Å². The van der Waals surface area contributed by atoms with Gasteiger partial charge in [0.2, 0.25) is 0 Å². The van der Waals surface area contributed by atoms with E-state index in [1.807, 2.05) is 0 Å². The van der Waals surface area contributed by atoms with Gasteiger partial charge in [0, 0.05) is 5.56 Å². The van der Waals surface area contributed by atoms with Gasteiger partial charge in [-0.2, -0.15) is 0 Å². The molecular formula is C8H5F2O3-. The highest BCUT2D eigenvalue weighted by Crippen LogP contribution is 2.22. The van der Waals surface area contributed by atoms with Crippen LogP contribution in [0.5, 0.6) is 5.75 Å². The Labute approximate surface area is 72.6 Å². The van der Waals surface area contributed by atoms with Crippen LogP contribution < -0.4 is 9.84 Å². The molecule has 0 radical (unpaired) electrons. The molecule has 0 atom stereocenters. The van der Waals surface area contributed by atoms with E-state index in [-0.39, 0.29) is 0 Å². The molecule has 0 unspecified atom stereocenters. The van der Waals surface area contributed by atoms with E-state index in [1.165, 1.54) is 0 Å². The third-order valence-electron chi connectivity index (χ3n) is 1.44. The summed E-state index contributed by atoms with van der Waals surface area (Å²) in [6.07, 6.45) is 0.